The van der Waals surface area contributed by atoms with Gasteiger partial charge in [0.1, 0.15) is 0 Å². The van der Waals surface area contributed by atoms with E-state index in [-0.39, 0.29) is 70.7 Å². The lowest BCUT2D eigenvalue weighted by atomic mass is 9.82. The van der Waals surface area contributed by atoms with E-state index in [1.54, 1.807) is 0 Å². The van der Waals surface area contributed by atoms with Crippen LogP contribution in [-0.4, -0.2) is 110 Å². The second-order valence-corrected chi connectivity index (χ2v) is 21.5. The Bertz CT molecular complexity index is 1560. The predicted octanol–water partition coefficient (Wildman–Crippen LogP) is 7.19. The lowest BCUT2D eigenvalue weighted by Gasteiger charge is -2.38. The first-order valence-corrected chi connectivity index (χ1v) is 24.7. The number of halogens is 5. The van der Waals surface area contributed by atoms with Crippen LogP contribution in [0.1, 0.15) is 125 Å². The zero-order valence-corrected chi connectivity index (χ0v) is 40.2. The average molecular weight is 967 g/mol. The maximum absolute atomic E-state index is 13.5. The minimum Gasteiger partial charge on any atom is -0.353 e. The third kappa shape index (κ3) is 13.5. The van der Waals surface area contributed by atoms with Gasteiger partial charge < -0.3 is 21.3 Å². The first kappa shape index (κ1) is 50.9. The van der Waals surface area contributed by atoms with Gasteiger partial charge in [-0.3, -0.25) is 28.8 Å². The molecule has 18 unspecified atom stereocenters. The maximum atomic E-state index is 13.5. The number of amides is 4. The molecule has 0 saturated heterocycles. The molecule has 5 aliphatic carbocycles. The Balaban J connectivity index is 1.12. The SMILES string of the molecule is CC(=O)C(N=NC1CC(C(=O)NC2CCCC(Cl)C2C)CCC1Cl)C(=O)NC1CC(Cl)C(NC(=O)C(N=NC2CC(C(=O)NC3CCCC(Cl)C3C)CCC2Cl)C(C)=O)CC1C. The summed E-state index contributed by atoms with van der Waals surface area (Å²) in [5.74, 6) is -2.97. The van der Waals surface area contributed by atoms with E-state index < -0.39 is 75.8 Å². The highest BCUT2D eigenvalue weighted by molar-refractivity contribution is 6.22. The average Bonchev–Trinajstić information content (AvgIpc) is 3.21. The zero-order valence-electron chi connectivity index (χ0n) is 36.4. The van der Waals surface area contributed by atoms with Crippen molar-refractivity contribution in [3.63, 3.8) is 0 Å². The fourth-order valence-electron chi connectivity index (χ4n) is 9.73. The van der Waals surface area contributed by atoms with Crippen molar-refractivity contribution in [1.82, 2.24) is 21.3 Å². The molecule has 4 amide bonds. The molecule has 5 aliphatic rings. The minimum atomic E-state index is -1.43. The molecule has 5 saturated carbocycles. The number of carbonyl (C=O) groups is 6. The van der Waals surface area contributed by atoms with Gasteiger partial charge in [0.05, 0.1) is 28.2 Å². The predicted molar refractivity (Wildman–Crippen MR) is 241 cm³/mol. The highest BCUT2D eigenvalue weighted by atomic mass is 35.5. The fraction of sp³-hybridized carbons (Fsp3) is 0.860. The molecule has 0 spiro atoms. The van der Waals surface area contributed by atoms with Crippen molar-refractivity contribution < 1.29 is 28.8 Å². The number of Topliss-reactive ketones (excluding diaryl/α,β-unsaturated/α-hetero) is 2. The Labute approximate surface area is 391 Å². The van der Waals surface area contributed by atoms with Crippen molar-refractivity contribution in [3.8, 4) is 0 Å². The summed E-state index contributed by atoms with van der Waals surface area (Å²) in [6.07, 6.45) is 9.09. The number of alkyl halides is 5. The van der Waals surface area contributed by atoms with Gasteiger partial charge in [0.25, 0.3) is 11.8 Å². The monoisotopic (exact) mass is 964 g/mol. The van der Waals surface area contributed by atoms with Crippen molar-refractivity contribution >= 4 is 93.2 Å². The topological polar surface area (TPSA) is 200 Å². The number of azo groups is 2. The molecule has 0 aromatic rings. The summed E-state index contributed by atoms with van der Waals surface area (Å²) in [5.41, 5.74) is 0. The van der Waals surface area contributed by atoms with Gasteiger partial charge in [-0.05, 0) is 121 Å². The van der Waals surface area contributed by atoms with E-state index >= 15 is 0 Å². The van der Waals surface area contributed by atoms with Gasteiger partial charge in [-0.25, -0.2) is 0 Å². The van der Waals surface area contributed by atoms with Crippen LogP contribution in [0.3, 0.4) is 0 Å². The highest BCUT2D eigenvalue weighted by Crippen LogP contribution is 2.35. The molecule has 0 bridgehead atoms. The van der Waals surface area contributed by atoms with Crippen molar-refractivity contribution in [3.05, 3.63) is 0 Å². The van der Waals surface area contributed by atoms with Gasteiger partial charge in [0, 0.05) is 46.8 Å². The van der Waals surface area contributed by atoms with Crippen LogP contribution in [0.15, 0.2) is 20.5 Å². The first-order chi connectivity index (χ1) is 29.3. The van der Waals surface area contributed by atoms with E-state index in [9.17, 15) is 28.8 Å². The molecule has 19 heteroatoms. The Kier molecular flexibility index (Phi) is 19.2. The molecule has 14 nitrogen and oxygen atoms in total. The molecular formula is C43H65Cl5N8O6. The molecular weight excluding hydrogens is 902 g/mol. The summed E-state index contributed by atoms with van der Waals surface area (Å²) in [7, 11) is 0. The molecule has 0 heterocycles. The van der Waals surface area contributed by atoms with E-state index in [0.717, 1.165) is 38.5 Å². The van der Waals surface area contributed by atoms with Crippen LogP contribution >= 0.6 is 58.0 Å². The van der Waals surface area contributed by atoms with Crippen LogP contribution in [-0.2, 0) is 28.8 Å². The van der Waals surface area contributed by atoms with Crippen molar-refractivity contribution in [1.29, 1.82) is 0 Å². The van der Waals surface area contributed by atoms with Crippen molar-refractivity contribution in [2.45, 2.75) is 200 Å². The zero-order chi connectivity index (χ0) is 45.4. The molecule has 5 rings (SSSR count). The highest BCUT2D eigenvalue weighted by Gasteiger charge is 2.41. The summed E-state index contributed by atoms with van der Waals surface area (Å²) < 4.78 is 0. The summed E-state index contributed by atoms with van der Waals surface area (Å²) >= 11 is 33.0. The number of nitrogens with zero attached hydrogens (tertiary/aromatic N) is 4. The summed E-state index contributed by atoms with van der Waals surface area (Å²) in [6, 6.07) is -4.96. The Morgan fingerprint density at radius 1 is 0.468 bits per heavy atom. The molecule has 0 aliphatic heterocycles. The van der Waals surface area contributed by atoms with Crippen LogP contribution in [0.5, 0.6) is 0 Å². The largest absolute Gasteiger partial charge is 0.353 e. The number of nitrogens with one attached hydrogen (secondary N) is 4. The second-order valence-electron chi connectivity index (χ2n) is 18.7. The van der Waals surface area contributed by atoms with Crippen LogP contribution in [0.2, 0.25) is 0 Å². The maximum Gasteiger partial charge on any atom is 0.254 e. The van der Waals surface area contributed by atoms with Crippen LogP contribution in [0.25, 0.3) is 0 Å². The van der Waals surface area contributed by atoms with Gasteiger partial charge in [0.15, 0.2) is 11.6 Å². The smallest absolute Gasteiger partial charge is 0.254 e. The Morgan fingerprint density at radius 3 is 1.31 bits per heavy atom. The summed E-state index contributed by atoms with van der Waals surface area (Å²) in [5, 5.41) is 27.8. The Hall–Kier alpha value is -2.13. The van der Waals surface area contributed by atoms with E-state index in [1.165, 1.54) is 13.8 Å². The Morgan fingerprint density at radius 2 is 0.887 bits per heavy atom. The third-order valence-corrected chi connectivity index (χ3v) is 16.8. The van der Waals surface area contributed by atoms with E-state index in [0.29, 0.717) is 44.9 Å². The van der Waals surface area contributed by atoms with E-state index in [1.807, 2.05) is 6.92 Å². The molecule has 62 heavy (non-hydrogen) atoms. The number of hydrogen-bond acceptors (Lipinski definition) is 10. The molecule has 0 radical (unpaired) electrons. The van der Waals surface area contributed by atoms with Gasteiger partial charge in [-0.2, -0.15) is 20.5 Å². The number of rotatable bonds is 14. The molecule has 4 N–H and O–H groups in total. The molecule has 0 aromatic carbocycles. The normalized spacial score (nSPS) is 39.0. The molecule has 18 atom stereocenters. The number of carbonyl (C=O) groups excluding carboxylic acids is 6. The lowest BCUT2D eigenvalue weighted by Crippen LogP contribution is -2.56. The first-order valence-electron chi connectivity index (χ1n) is 22.6. The molecule has 5 fully saturated rings. The number of ketones is 2. The fourth-order valence-corrected chi connectivity index (χ4v) is 11.3. The van der Waals surface area contributed by atoms with Gasteiger partial charge in [-0.15, -0.1) is 58.0 Å². The molecule has 348 valence electrons. The minimum absolute atomic E-state index is 0.00506. The van der Waals surface area contributed by atoms with Gasteiger partial charge in [0.2, 0.25) is 23.9 Å². The van der Waals surface area contributed by atoms with E-state index in [2.05, 4.69) is 55.6 Å². The molecule has 0 aromatic heterocycles. The second kappa shape index (κ2) is 23.4. The van der Waals surface area contributed by atoms with Crippen LogP contribution < -0.4 is 21.3 Å². The lowest BCUT2D eigenvalue weighted by molar-refractivity contribution is -0.132. The summed E-state index contributed by atoms with van der Waals surface area (Å²) in [6.45, 7) is 8.54. The van der Waals surface area contributed by atoms with Gasteiger partial charge in [-0.1, -0.05) is 20.8 Å². The standard InChI is InChI=1S/C43H65Cl5N8O6/c1-20-16-35(52-43(62)39(24(5)58)56-54-37-18-26(13-15-30(37)47)41(60)50-33-11-7-9-28(45)22(33)3)31(48)19-34(20)51-42(61)38(23(4)57)55-53-36-17-25(12-14-29(36)46)40(59)49-32-10-6-8-27(44)21(32)2/h20-22,25-39H,6-19H2,1-5H3,(H,49,59)(H,50,60)(H,51,61)(H,52,62). The quantitative estimate of drug-likeness (QED) is 0.0807. The van der Waals surface area contributed by atoms with Crippen LogP contribution in [0, 0.1) is 29.6 Å². The van der Waals surface area contributed by atoms with Crippen molar-refractivity contribution in [2.75, 3.05) is 0 Å². The third-order valence-electron chi connectivity index (χ3n) is 14.1. The number of hydrogen-bond donors (Lipinski definition) is 4. The summed E-state index contributed by atoms with van der Waals surface area (Å²) in [4.78, 5) is 79.0. The van der Waals surface area contributed by atoms with Gasteiger partial charge >= 0.3 is 0 Å². The van der Waals surface area contributed by atoms with Crippen LogP contribution in [0.4, 0.5) is 0 Å². The van der Waals surface area contributed by atoms with Crippen molar-refractivity contribution in [2.24, 2.45) is 50.0 Å². The van der Waals surface area contributed by atoms with E-state index in [4.69, 9.17) is 58.0 Å².